The fourth-order valence-corrected chi connectivity index (χ4v) is 5.64. The topological polar surface area (TPSA) is 61.8 Å². The van der Waals surface area contributed by atoms with Crippen LogP contribution in [0.5, 0.6) is 0 Å². The minimum Gasteiger partial charge on any atom is -0.462 e. The van der Waals surface area contributed by atoms with Crippen molar-refractivity contribution in [3.8, 4) is 0 Å². The van der Waals surface area contributed by atoms with Gasteiger partial charge in [0.1, 0.15) is 6.61 Å². The minimum absolute atomic E-state index is 0.0792. The van der Waals surface area contributed by atoms with Gasteiger partial charge in [-0.2, -0.15) is 0 Å². The lowest BCUT2D eigenvalue weighted by Gasteiger charge is -2.18. The number of unbranched alkanes of at least 4 members (excludes halogenated alkanes) is 20. The Hall–Kier alpha value is -1.88. The largest absolute Gasteiger partial charge is 0.462 e. The minimum atomic E-state index is -0.536. The van der Waals surface area contributed by atoms with Gasteiger partial charge in [0.15, 0.2) is 6.10 Å². The standard InChI is InChI=1S/C43H78O5/c1-4-7-10-13-15-17-19-21-23-25-27-29-32-35-38-46-39-41(48-43(45)37-34-30-12-9-6-3)40-47-42(44)36-33-31-28-26-24-22-20-18-16-14-11-8-5-2/h7,10,15,17,21,23,41H,4-6,8-9,11-14,16,18-20,22,24-40H2,1-3H3/b10-7-,17-15-,23-21-. The van der Waals surface area contributed by atoms with Gasteiger partial charge in [-0.05, 0) is 51.4 Å². The summed E-state index contributed by atoms with van der Waals surface area (Å²) < 4.78 is 17.1. The number of hydrogen-bond donors (Lipinski definition) is 0. The molecule has 0 saturated heterocycles. The van der Waals surface area contributed by atoms with Crippen molar-refractivity contribution >= 4 is 11.9 Å². The van der Waals surface area contributed by atoms with Crippen molar-refractivity contribution in [2.24, 2.45) is 0 Å². The van der Waals surface area contributed by atoms with Crippen molar-refractivity contribution in [1.29, 1.82) is 0 Å². The second kappa shape index (κ2) is 39.6. The molecule has 48 heavy (non-hydrogen) atoms. The van der Waals surface area contributed by atoms with Crippen molar-refractivity contribution in [1.82, 2.24) is 0 Å². The molecule has 280 valence electrons. The van der Waals surface area contributed by atoms with Gasteiger partial charge in [0.25, 0.3) is 0 Å². The number of esters is 2. The SMILES string of the molecule is CC/C=C\C/C=C\C/C=C\CCCCCCOCC(COC(=O)CCCCCCCCCCCCCCC)OC(=O)CCCCCCC. The maximum atomic E-state index is 12.5. The molecule has 0 aliphatic heterocycles. The molecule has 0 amide bonds. The third-order valence-electron chi connectivity index (χ3n) is 8.69. The quantitative estimate of drug-likeness (QED) is 0.0373. The third kappa shape index (κ3) is 36.9. The predicted octanol–water partition coefficient (Wildman–Crippen LogP) is 13.1. The number of rotatable bonds is 37. The number of allylic oxidation sites excluding steroid dienone is 6. The van der Waals surface area contributed by atoms with Gasteiger partial charge >= 0.3 is 11.9 Å². The van der Waals surface area contributed by atoms with Crippen LogP contribution in [0.15, 0.2) is 36.5 Å². The van der Waals surface area contributed by atoms with Gasteiger partial charge < -0.3 is 14.2 Å². The number of ether oxygens (including phenoxy) is 3. The molecule has 0 N–H and O–H groups in total. The zero-order valence-corrected chi connectivity index (χ0v) is 32.0. The summed E-state index contributed by atoms with van der Waals surface area (Å²) >= 11 is 0. The van der Waals surface area contributed by atoms with Crippen LogP contribution in [0, 0.1) is 0 Å². The summed E-state index contributed by atoms with van der Waals surface area (Å²) in [7, 11) is 0. The molecule has 0 radical (unpaired) electrons. The van der Waals surface area contributed by atoms with E-state index in [2.05, 4.69) is 57.2 Å². The Morgan fingerprint density at radius 3 is 1.50 bits per heavy atom. The zero-order valence-electron chi connectivity index (χ0n) is 32.0. The summed E-state index contributed by atoms with van der Waals surface area (Å²) in [6.45, 7) is 7.60. The first-order valence-corrected chi connectivity index (χ1v) is 20.5. The molecule has 0 aromatic rings. The first-order valence-electron chi connectivity index (χ1n) is 20.5. The van der Waals surface area contributed by atoms with E-state index >= 15 is 0 Å². The summed E-state index contributed by atoms with van der Waals surface area (Å²) in [6.07, 6.45) is 44.5. The highest BCUT2D eigenvalue weighted by Gasteiger charge is 2.17. The summed E-state index contributed by atoms with van der Waals surface area (Å²) in [5.74, 6) is -0.419. The Balaban J connectivity index is 4.12. The van der Waals surface area contributed by atoms with E-state index < -0.39 is 6.10 Å². The molecule has 1 unspecified atom stereocenters. The van der Waals surface area contributed by atoms with E-state index in [9.17, 15) is 9.59 Å². The van der Waals surface area contributed by atoms with Crippen molar-refractivity contribution in [2.45, 2.75) is 207 Å². The Morgan fingerprint density at radius 1 is 0.479 bits per heavy atom. The average molecular weight is 675 g/mol. The Labute approximate surface area is 298 Å². The summed E-state index contributed by atoms with van der Waals surface area (Å²) in [5.41, 5.74) is 0. The third-order valence-corrected chi connectivity index (χ3v) is 8.69. The molecule has 0 spiro atoms. The van der Waals surface area contributed by atoms with Crippen LogP contribution in [0.3, 0.4) is 0 Å². The maximum absolute atomic E-state index is 12.5. The second-order valence-electron chi connectivity index (χ2n) is 13.5. The number of hydrogen-bond acceptors (Lipinski definition) is 5. The van der Waals surface area contributed by atoms with E-state index in [1.54, 1.807) is 0 Å². The van der Waals surface area contributed by atoms with Crippen LogP contribution in [0.2, 0.25) is 0 Å². The number of carbonyl (C=O) groups is 2. The van der Waals surface area contributed by atoms with Crippen LogP contribution < -0.4 is 0 Å². The molecular weight excluding hydrogens is 596 g/mol. The van der Waals surface area contributed by atoms with Gasteiger partial charge in [0, 0.05) is 19.4 Å². The van der Waals surface area contributed by atoms with Gasteiger partial charge in [-0.15, -0.1) is 0 Å². The van der Waals surface area contributed by atoms with Crippen LogP contribution in [0.4, 0.5) is 0 Å². The molecule has 5 nitrogen and oxygen atoms in total. The first-order chi connectivity index (χ1) is 23.6. The van der Waals surface area contributed by atoms with E-state index in [0.29, 0.717) is 19.4 Å². The molecule has 0 aromatic carbocycles. The lowest BCUT2D eigenvalue weighted by molar-refractivity contribution is -0.163. The maximum Gasteiger partial charge on any atom is 0.306 e. The summed E-state index contributed by atoms with van der Waals surface area (Å²) in [5, 5.41) is 0. The lowest BCUT2D eigenvalue weighted by Crippen LogP contribution is -2.30. The molecule has 0 aromatic heterocycles. The molecule has 0 bridgehead atoms. The van der Waals surface area contributed by atoms with Crippen LogP contribution >= 0.6 is 0 Å². The van der Waals surface area contributed by atoms with Gasteiger partial charge in [-0.1, -0.05) is 173 Å². The molecular formula is C43H78O5. The Kier molecular flexibility index (Phi) is 38.0. The first kappa shape index (κ1) is 46.1. The number of carbonyl (C=O) groups excluding carboxylic acids is 2. The molecule has 0 aliphatic rings. The summed E-state index contributed by atoms with van der Waals surface area (Å²) in [4.78, 5) is 24.9. The fourth-order valence-electron chi connectivity index (χ4n) is 5.64. The van der Waals surface area contributed by atoms with E-state index in [-0.39, 0.29) is 25.2 Å². The fraction of sp³-hybridized carbons (Fsp3) is 0.814. The molecule has 0 saturated carbocycles. The average Bonchev–Trinajstić information content (AvgIpc) is 3.08. The van der Waals surface area contributed by atoms with Crippen LogP contribution in [0.1, 0.15) is 201 Å². The zero-order chi connectivity index (χ0) is 35.0. The van der Waals surface area contributed by atoms with Crippen molar-refractivity contribution in [3.05, 3.63) is 36.5 Å². The van der Waals surface area contributed by atoms with E-state index in [1.165, 1.54) is 96.3 Å². The van der Waals surface area contributed by atoms with Crippen LogP contribution in [-0.4, -0.2) is 37.9 Å². The van der Waals surface area contributed by atoms with Crippen LogP contribution in [-0.2, 0) is 23.8 Å². The van der Waals surface area contributed by atoms with Crippen LogP contribution in [0.25, 0.3) is 0 Å². The van der Waals surface area contributed by atoms with E-state index in [1.807, 2.05) is 0 Å². The normalized spacial score (nSPS) is 12.5. The molecule has 5 heteroatoms. The highest BCUT2D eigenvalue weighted by molar-refractivity contribution is 5.70. The van der Waals surface area contributed by atoms with Crippen molar-refractivity contribution in [2.75, 3.05) is 19.8 Å². The van der Waals surface area contributed by atoms with Gasteiger partial charge in [-0.25, -0.2) is 0 Å². The Bertz CT molecular complexity index is 771. The lowest BCUT2D eigenvalue weighted by atomic mass is 10.0. The second-order valence-corrected chi connectivity index (χ2v) is 13.5. The molecule has 0 rings (SSSR count). The van der Waals surface area contributed by atoms with E-state index in [4.69, 9.17) is 14.2 Å². The molecule has 0 heterocycles. The predicted molar refractivity (Wildman–Crippen MR) is 205 cm³/mol. The van der Waals surface area contributed by atoms with Gasteiger partial charge in [0.05, 0.1) is 6.61 Å². The van der Waals surface area contributed by atoms with Gasteiger partial charge in [-0.3, -0.25) is 9.59 Å². The van der Waals surface area contributed by atoms with Crippen molar-refractivity contribution < 1.29 is 23.8 Å². The van der Waals surface area contributed by atoms with E-state index in [0.717, 1.165) is 70.6 Å². The monoisotopic (exact) mass is 675 g/mol. The Morgan fingerprint density at radius 2 is 0.938 bits per heavy atom. The van der Waals surface area contributed by atoms with Gasteiger partial charge in [0.2, 0.25) is 0 Å². The highest BCUT2D eigenvalue weighted by atomic mass is 16.6. The molecule has 0 fully saturated rings. The molecule has 0 aliphatic carbocycles. The molecule has 1 atom stereocenters. The van der Waals surface area contributed by atoms with Crippen molar-refractivity contribution in [3.63, 3.8) is 0 Å². The highest BCUT2D eigenvalue weighted by Crippen LogP contribution is 2.14. The smallest absolute Gasteiger partial charge is 0.306 e. The summed E-state index contributed by atoms with van der Waals surface area (Å²) in [6, 6.07) is 0.